The van der Waals surface area contributed by atoms with Gasteiger partial charge in [0.05, 0.1) is 11.4 Å². The molecule has 0 radical (unpaired) electrons. The van der Waals surface area contributed by atoms with Crippen molar-refractivity contribution in [2.24, 2.45) is 0 Å². The number of anilines is 1. The van der Waals surface area contributed by atoms with Crippen LogP contribution in [0.15, 0.2) is 71.6 Å². The summed E-state index contributed by atoms with van der Waals surface area (Å²) in [6.45, 7) is 4.54. The third-order valence-electron chi connectivity index (χ3n) is 5.57. The standard InChI is InChI=1S/C25H25ClN2O4S/c1-18-6-9-23(10-7-18)28(19(2)29)16-20-8-11-25-21(14-20)17-27(12-13-32-25)33(30,31)24-5-3-4-22(26)15-24/h3-11,14-15H,12-13,16-17H2,1-2H3. The van der Waals surface area contributed by atoms with Crippen molar-refractivity contribution in [3.63, 3.8) is 0 Å². The number of benzene rings is 3. The number of fused-ring (bicyclic) bond motifs is 1. The molecule has 6 nitrogen and oxygen atoms in total. The predicted octanol–water partition coefficient (Wildman–Crippen LogP) is 4.78. The lowest BCUT2D eigenvalue weighted by atomic mass is 10.1. The summed E-state index contributed by atoms with van der Waals surface area (Å²) < 4.78 is 33.7. The summed E-state index contributed by atoms with van der Waals surface area (Å²) in [5.41, 5.74) is 3.56. The first-order valence-electron chi connectivity index (χ1n) is 10.6. The van der Waals surface area contributed by atoms with Crippen LogP contribution < -0.4 is 9.64 Å². The first-order valence-corrected chi connectivity index (χ1v) is 12.4. The highest BCUT2D eigenvalue weighted by atomic mass is 35.5. The highest BCUT2D eigenvalue weighted by molar-refractivity contribution is 7.89. The van der Waals surface area contributed by atoms with E-state index in [1.807, 2.05) is 49.4 Å². The molecule has 0 aromatic heterocycles. The van der Waals surface area contributed by atoms with Gasteiger partial charge in [-0.3, -0.25) is 4.79 Å². The van der Waals surface area contributed by atoms with E-state index in [9.17, 15) is 13.2 Å². The maximum atomic E-state index is 13.2. The maximum Gasteiger partial charge on any atom is 0.243 e. The second-order valence-electron chi connectivity index (χ2n) is 8.03. The lowest BCUT2D eigenvalue weighted by Gasteiger charge is -2.23. The highest BCUT2D eigenvalue weighted by Gasteiger charge is 2.28. The van der Waals surface area contributed by atoms with Crippen LogP contribution in [-0.2, 0) is 27.9 Å². The zero-order valence-electron chi connectivity index (χ0n) is 18.5. The molecule has 8 heteroatoms. The van der Waals surface area contributed by atoms with Gasteiger partial charge in [-0.05, 0) is 55.0 Å². The van der Waals surface area contributed by atoms with Crippen molar-refractivity contribution >= 4 is 33.2 Å². The number of ether oxygens (including phenoxy) is 1. The Hall–Kier alpha value is -2.87. The molecule has 0 spiro atoms. The van der Waals surface area contributed by atoms with E-state index in [0.717, 1.165) is 22.4 Å². The second-order valence-corrected chi connectivity index (χ2v) is 10.4. The number of hydrogen-bond acceptors (Lipinski definition) is 4. The van der Waals surface area contributed by atoms with Gasteiger partial charge in [-0.2, -0.15) is 4.31 Å². The van der Waals surface area contributed by atoms with Crippen LogP contribution in [0.5, 0.6) is 5.75 Å². The Morgan fingerprint density at radius 1 is 1.09 bits per heavy atom. The van der Waals surface area contributed by atoms with Crippen LogP contribution in [0.4, 0.5) is 5.69 Å². The number of nitrogens with zero attached hydrogens (tertiary/aromatic N) is 2. The molecule has 0 N–H and O–H groups in total. The fourth-order valence-electron chi connectivity index (χ4n) is 3.80. The van der Waals surface area contributed by atoms with Gasteiger partial charge in [-0.25, -0.2) is 8.42 Å². The van der Waals surface area contributed by atoms with E-state index in [1.165, 1.54) is 23.4 Å². The molecule has 0 unspecified atom stereocenters. The van der Waals surface area contributed by atoms with E-state index < -0.39 is 10.0 Å². The number of amides is 1. The Morgan fingerprint density at radius 2 is 1.85 bits per heavy atom. The minimum absolute atomic E-state index is 0.0739. The summed E-state index contributed by atoms with van der Waals surface area (Å²) in [4.78, 5) is 14.2. The van der Waals surface area contributed by atoms with Gasteiger partial charge in [-0.15, -0.1) is 0 Å². The molecule has 3 aromatic carbocycles. The van der Waals surface area contributed by atoms with Crippen molar-refractivity contribution in [1.82, 2.24) is 4.31 Å². The summed E-state index contributed by atoms with van der Waals surface area (Å²) in [5, 5.41) is 0.366. The van der Waals surface area contributed by atoms with Gasteiger partial charge in [-0.1, -0.05) is 41.4 Å². The number of rotatable bonds is 5. The van der Waals surface area contributed by atoms with Gasteiger partial charge in [0.1, 0.15) is 12.4 Å². The molecule has 0 saturated carbocycles. The van der Waals surface area contributed by atoms with E-state index >= 15 is 0 Å². The maximum absolute atomic E-state index is 13.2. The molecule has 1 amide bonds. The van der Waals surface area contributed by atoms with Gasteiger partial charge >= 0.3 is 0 Å². The molecule has 0 atom stereocenters. The van der Waals surface area contributed by atoms with Crippen molar-refractivity contribution in [1.29, 1.82) is 0 Å². The Balaban J connectivity index is 1.61. The third kappa shape index (κ3) is 5.21. The first kappa shape index (κ1) is 23.3. The Labute approximate surface area is 199 Å². The van der Waals surface area contributed by atoms with Crippen LogP contribution in [0.3, 0.4) is 0 Å². The van der Waals surface area contributed by atoms with Gasteiger partial charge in [0.2, 0.25) is 15.9 Å². The largest absolute Gasteiger partial charge is 0.492 e. The fourth-order valence-corrected chi connectivity index (χ4v) is 5.50. The molecular weight excluding hydrogens is 460 g/mol. The summed E-state index contributed by atoms with van der Waals surface area (Å²) in [7, 11) is -3.74. The van der Waals surface area contributed by atoms with Gasteiger partial charge in [0, 0.05) is 36.3 Å². The molecule has 0 bridgehead atoms. The highest BCUT2D eigenvalue weighted by Crippen LogP contribution is 2.29. The molecule has 0 saturated heterocycles. The lowest BCUT2D eigenvalue weighted by Crippen LogP contribution is -2.32. The molecule has 3 aromatic rings. The molecule has 1 heterocycles. The monoisotopic (exact) mass is 484 g/mol. The topological polar surface area (TPSA) is 66.9 Å². The first-order chi connectivity index (χ1) is 15.7. The van der Waals surface area contributed by atoms with E-state index in [4.69, 9.17) is 16.3 Å². The number of sulfonamides is 1. The van der Waals surface area contributed by atoms with Crippen LogP contribution in [0.1, 0.15) is 23.6 Å². The predicted molar refractivity (Wildman–Crippen MR) is 129 cm³/mol. The minimum atomic E-state index is -3.74. The Morgan fingerprint density at radius 3 is 2.55 bits per heavy atom. The number of hydrogen-bond donors (Lipinski definition) is 0. The van der Waals surface area contributed by atoms with Crippen LogP contribution in [0.2, 0.25) is 5.02 Å². The minimum Gasteiger partial charge on any atom is -0.492 e. The fraction of sp³-hybridized carbons (Fsp3) is 0.240. The van der Waals surface area contributed by atoms with Crippen molar-refractivity contribution < 1.29 is 17.9 Å². The number of halogens is 1. The molecular formula is C25H25ClN2O4S. The Bertz CT molecular complexity index is 1280. The van der Waals surface area contributed by atoms with E-state index in [2.05, 4.69) is 0 Å². The van der Waals surface area contributed by atoms with Crippen LogP contribution in [0.25, 0.3) is 0 Å². The summed E-state index contributed by atoms with van der Waals surface area (Å²) in [6, 6.07) is 19.7. The molecule has 0 aliphatic carbocycles. The number of aryl methyl sites for hydroxylation is 1. The third-order valence-corrected chi connectivity index (χ3v) is 7.65. The molecule has 1 aliphatic rings. The smallest absolute Gasteiger partial charge is 0.243 e. The average Bonchev–Trinajstić information content (AvgIpc) is 3.00. The van der Waals surface area contributed by atoms with Gasteiger partial charge in [0.25, 0.3) is 0 Å². The number of carbonyl (C=O) groups excluding carboxylic acids is 1. The SMILES string of the molecule is CC(=O)N(Cc1ccc2c(c1)CN(S(=O)(=O)c1cccc(Cl)c1)CCO2)c1ccc(C)cc1. The molecule has 1 aliphatic heterocycles. The second kappa shape index (κ2) is 9.55. The zero-order chi connectivity index (χ0) is 23.6. The molecule has 172 valence electrons. The van der Waals surface area contributed by atoms with Crippen LogP contribution in [-0.4, -0.2) is 31.8 Å². The summed E-state index contributed by atoms with van der Waals surface area (Å²) >= 11 is 6.02. The lowest BCUT2D eigenvalue weighted by molar-refractivity contribution is -0.116. The normalized spacial score (nSPS) is 14.2. The number of carbonyl (C=O) groups is 1. The average molecular weight is 485 g/mol. The summed E-state index contributed by atoms with van der Waals surface area (Å²) in [5.74, 6) is 0.572. The molecule has 33 heavy (non-hydrogen) atoms. The van der Waals surface area contributed by atoms with E-state index in [1.54, 1.807) is 17.0 Å². The van der Waals surface area contributed by atoms with Crippen LogP contribution in [0, 0.1) is 6.92 Å². The van der Waals surface area contributed by atoms with Crippen molar-refractivity contribution in [3.05, 3.63) is 88.4 Å². The van der Waals surface area contributed by atoms with E-state index in [0.29, 0.717) is 17.3 Å². The Kier molecular flexibility index (Phi) is 6.74. The van der Waals surface area contributed by atoms with Crippen LogP contribution >= 0.6 is 11.6 Å². The van der Waals surface area contributed by atoms with E-state index in [-0.39, 0.29) is 30.5 Å². The van der Waals surface area contributed by atoms with Crippen molar-refractivity contribution in [3.8, 4) is 5.75 Å². The van der Waals surface area contributed by atoms with Gasteiger partial charge in [0.15, 0.2) is 0 Å². The quantitative estimate of drug-likeness (QED) is 0.522. The zero-order valence-corrected chi connectivity index (χ0v) is 20.1. The van der Waals surface area contributed by atoms with Crippen molar-refractivity contribution in [2.75, 3.05) is 18.1 Å². The summed E-state index contributed by atoms with van der Waals surface area (Å²) in [6.07, 6.45) is 0. The molecule has 4 rings (SSSR count). The van der Waals surface area contributed by atoms with Crippen molar-refractivity contribution in [2.45, 2.75) is 31.8 Å². The molecule has 0 fully saturated rings. The van der Waals surface area contributed by atoms with Gasteiger partial charge < -0.3 is 9.64 Å².